The number of likely N-dealkylation sites (N-methyl/N-ethyl adjacent to an activating group) is 1. The second-order valence-corrected chi connectivity index (χ2v) is 4.18. The van der Waals surface area contributed by atoms with Gasteiger partial charge < -0.3 is 9.88 Å². The largest absolute Gasteiger partial charge is 0.330 e. The van der Waals surface area contributed by atoms with E-state index >= 15 is 0 Å². The van der Waals surface area contributed by atoms with Crippen molar-refractivity contribution in [1.82, 2.24) is 19.9 Å². The smallest absolute Gasteiger partial charge is 0.155 e. The van der Waals surface area contributed by atoms with Crippen molar-refractivity contribution in [2.45, 2.75) is 6.42 Å². The number of aromatic nitrogens is 3. The van der Waals surface area contributed by atoms with E-state index in [4.69, 9.17) is 11.6 Å². The summed E-state index contributed by atoms with van der Waals surface area (Å²) in [4.78, 5) is 8.49. The predicted octanol–water partition coefficient (Wildman–Crippen LogP) is 1.90. The van der Waals surface area contributed by atoms with Crippen LogP contribution in [0.2, 0.25) is 5.15 Å². The molecule has 2 aromatic heterocycles. The molecule has 90 valence electrons. The lowest BCUT2D eigenvalue weighted by Gasteiger charge is -2.05. The van der Waals surface area contributed by atoms with Gasteiger partial charge in [0.15, 0.2) is 5.15 Å². The molecule has 0 saturated carbocycles. The highest BCUT2D eigenvalue weighted by molar-refractivity contribution is 6.32. The van der Waals surface area contributed by atoms with Crippen molar-refractivity contribution in [3.8, 4) is 11.3 Å². The molecule has 0 saturated heterocycles. The van der Waals surface area contributed by atoms with Crippen LogP contribution in [0.25, 0.3) is 11.3 Å². The Balaban J connectivity index is 2.38. The molecular weight excluding hydrogens is 236 g/mol. The van der Waals surface area contributed by atoms with Crippen molar-refractivity contribution in [2.24, 2.45) is 7.05 Å². The Labute approximate surface area is 106 Å². The third kappa shape index (κ3) is 2.48. The summed E-state index contributed by atoms with van der Waals surface area (Å²) >= 11 is 6.18. The summed E-state index contributed by atoms with van der Waals surface area (Å²) in [6.07, 6.45) is 4.40. The van der Waals surface area contributed by atoms with E-state index in [1.54, 1.807) is 12.4 Å². The lowest BCUT2D eigenvalue weighted by atomic mass is 10.2. The van der Waals surface area contributed by atoms with Crippen LogP contribution < -0.4 is 5.32 Å². The zero-order valence-electron chi connectivity index (χ0n) is 9.94. The average Bonchev–Trinajstić information content (AvgIpc) is 2.63. The van der Waals surface area contributed by atoms with Crippen LogP contribution in [0.5, 0.6) is 0 Å². The maximum absolute atomic E-state index is 6.18. The highest BCUT2D eigenvalue weighted by atomic mass is 35.5. The number of nitrogens with one attached hydrogen (secondary N) is 1. The topological polar surface area (TPSA) is 42.7 Å². The molecule has 4 nitrogen and oxygen atoms in total. The average molecular weight is 251 g/mol. The standard InChI is InChI=1S/C12H15ClN4/c1-14-7-5-10-16-12(13)11(17(10)2)9-4-3-6-15-8-9/h3-4,6,8,14H,5,7H2,1-2H3. The molecule has 0 unspecified atom stereocenters. The molecule has 0 fully saturated rings. The Morgan fingerprint density at radius 2 is 2.29 bits per heavy atom. The quantitative estimate of drug-likeness (QED) is 0.901. The summed E-state index contributed by atoms with van der Waals surface area (Å²) in [6.45, 7) is 0.883. The third-order valence-electron chi connectivity index (χ3n) is 2.68. The van der Waals surface area contributed by atoms with E-state index in [0.717, 1.165) is 30.0 Å². The van der Waals surface area contributed by atoms with Crippen LogP contribution >= 0.6 is 11.6 Å². The maximum atomic E-state index is 6.18. The SMILES string of the molecule is CNCCc1nc(Cl)c(-c2cccnc2)n1C. The van der Waals surface area contributed by atoms with Gasteiger partial charge in [-0.3, -0.25) is 4.98 Å². The minimum Gasteiger partial charge on any atom is -0.330 e. The van der Waals surface area contributed by atoms with Crippen molar-refractivity contribution in [3.63, 3.8) is 0 Å². The molecule has 0 aliphatic heterocycles. The molecule has 2 rings (SSSR count). The van der Waals surface area contributed by atoms with Crippen LogP contribution in [0.4, 0.5) is 0 Å². The van der Waals surface area contributed by atoms with Gasteiger partial charge >= 0.3 is 0 Å². The molecule has 0 aliphatic carbocycles. The fourth-order valence-corrected chi connectivity index (χ4v) is 2.12. The molecule has 0 aromatic carbocycles. The molecule has 0 radical (unpaired) electrons. The zero-order valence-corrected chi connectivity index (χ0v) is 10.7. The third-order valence-corrected chi connectivity index (χ3v) is 2.94. The highest BCUT2D eigenvalue weighted by Gasteiger charge is 2.14. The molecule has 0 amide bonds. The lowest BCUT2D eigenvalue weighted by molar-refractivity contribution is 0.720. The first-order valence-electron chi connectivity index (χ1n) is 5.50. The number of halogens is 1. The van der Waals surface area contributed by atoms with E-state index in [1.807, 2.05) is 30.8 Å². The lowest BCUT2D eigenvalue weighted by Crippen LogP contribution is -2.13. The number of rotatable bonds is 4. The monoisotopic (exact) mass is 250 g/mol. The van der Waals surface area contributed by atoms with Crippen molar-refractivity contribution in [1.29, 1.82) is 0 Å². The van der Waals surface area contributed by atoms with E-state index in [0.29, 0.717) is 5.15 Å². The van der Waals surface area contributed by atoms with Gasteiger partial charge in [-0.05, 0) is 19.2 Å². The van der Waals surface area contributed by atoms with Gasteiger partial charge in [0.1, 0.15) is 5.82 Å². The molecule has 17 heavy (non-hydrogen) atoms. The molecule has 1 N–H and O–H groups in total. The summed E-state index contributed by atoms with van der Waals surface area (Å²) in [7, 11) is 3.90. The Morgan fingerprint density at radius 1 is 1.47 bits per heavy atom. The van der Waals surface area contributed by atoms with Gasteiger partial charge in [0, 0.05) is 38.0 Å². The first-order chi connectivity index (χ1) is 8.24. The highest BCUT2D eigenvalue weighted by Crippen LogP contribution is 2.27. The molecule has 2 aromatic rings. The Hall–Kier alpha value is -1.39. The van der Waals surface area contributed by atoms with Gasteiger partial charge in [-0.15, -0.1) is 0 Å². The van der Waals surface area contributed by atoms with E-state index in [1.165, 1.54) is 0 Å². The van der Waals surface area contributed by atoms with E-state index in [-0.39, 0.29) is 0 Å². The fraction of sp³-hybridized carbons (Fsp3) is 0.333. The van der Waals surface area contributed by atoms with Crippen LogP contribution in [-0.2, 0) is 13.5 Å². The van der Waals surface area contributed by atoms with Gasteiger partial charge in [-0.1, -0.05) is 11.6 Å². The Bertz CT molecular complexity index is 493. The van der Waals surface area contributed by atoms with Crippen LogP contribution in [-0.4, -0.2) is 28.1 Å². The van der Waals surface area contributed by atoms with Crippen LogP contribution in [0.1, 0.15) is 5.82 Å². The van der Waals surface area contributed by atoms with Gasteiger partial charge in [-0.25, -0.2) is 4.98 Å². The van der Waals surface area contributed by atoms with E-state index < -0.39 is 0 Å². The zero-order chi connectivity index (χ0) is 12.3. The van der Waals surface area contributed by atoms with Crippen molar-refractivity contribution >= 4 is 11.6 Å². The fourth-order valence-electron chi connectivity index (χ4n) is 1.78. The second kappa shape index (κ2) is 5.29. The summed E-state index contributed by atoms with van der Waals surface area (Å²) in [5.74, 6) is 0.975. The molecule has 0 spiro atoms. The summed E-state index contributed by atoms with van der Waals surface area (Å²) in [5.41, 5.74) is 1.91. The molecule has 5 heteroatoms. The minimum atomic E-state index is 0.534. The summed E-state index contributed by atoms with van der Waals surface area (Å²) < 4.78 is 2.02. The van der Waals surface area contributed by atoms with Gasteiger partial charge in [0.25, 0.3) is 0 Å². The normalized spacial score (nSPS) is 10.8. The van der Waals surface area contributed by atoms with E-state index in [2.05, 4.69) is 15.3 Å². The minimum absolute atomic E-state index is 0.534. The first-order valence-corrected chi connectivity index (χ1v) is 5.88. The van der Waals surface area contributed by atoms with Gasteiger partial charge in [0.05, 0.1) is 5.69 Å². The number of hydrogen-bond donors (Lipinski definition) is 1. The number of pyridine rings is 1. The Kier molecular flexibility index (Phi) is 3.76. The van der Waals surface area contributed by atoms with E-state index in [9.17, 15) is 0 Å². The summed E-state index contributed by atoms with van der Waals surface area (Å²) in [6, 6.07) is 3.88. The molecule has 2 heterocycles. The number of nitrogens with zero attached hydrogens (tertiary/aromatic N) is 3. The Morgan fingerprint density at radius 3 is 2.94 bits per heavy atom. The molecule has 0 atom stereocenters. The second-order valence-electron chi connectivity index (χ2n) is 3.82. The number of hydrogen-bond acceptors (Lipinski definition) is 3. The van der Waals surface area contributed by atoms with Crippen LogP contribution in [0.3, 0.4) is 0 Å². The number of imidazole rings is 1. The van der Waals surface area contributed by atoms with Crippen LogP contribution in [0.15, 0.2) is 24.5 Å². The van der Waals surface area contributed by atoms with Crippen molar-refractivity contribution in [2.75, 3.05) is 13.6 Å². The summed E-state index contributed by atoms with van der Waals surface area (Å²) in [5, 5.41) is 3.64. The maximum Gasteiger partial charge on any atom is 0.155 e. The molecule has 0 aliphatic rings. The first kappa shape index (κ1) is 12.1. The predicted molar refractivity (Wildman–Crippen MR) is 69.1 cm³/mol. The van der Waals surface area contributed by atoms with Gasteiger partial charge in [-0.2, -0.15) is 0 Å². The molecular formula is C12H15ClN4. The van der Waals surface area contributed by atoms with Gasteiger partial charge in [0.2, 0.25) is 0 Å². The van der Waals surface area contributed by atoms with Crippen molar-refractivity contribution < 1.29 is 0 Å². The van der Waals surface area contributed by atoms with Crippen LogP contribution in [0, 0.1) is 0 Å². The molecule has 0 bridgehead atoms. The van der Waals surface area contributed by atoms with Crippen molar-refractivity contribution in [3.05, 3.63) is 35.5 Å².